The molecule has 1 atom stereocenters. The van der Waals surface area contributed by atoms with Gasteiger partial charge in [0.15, 0.2) is 0 Å². The molecular weight excluding hydrogens is 489 g/mol. The second-order valence-electron chi connectivity index (χ2n) is 9.48. The number of carbonyl (C=O) groups is 1. The SMILES string of the molecule is CC(=O)O.CC1=C(c2cccc(O)c2)[C@H](c2ccc(OCCN3CC(CF)C3)cc2)Oc2ccc(O)cc21. The molecule has 1 saturated heterocycles. The zero-order chi connectivity index (χ0) is 27.2. The monoisotopic (exact) mass is 521 g/mol. The van der Waals surface area contributed by atoms with Crippen molar-refractivity contribution in [2.45, 2.75) is 20.0 Å². The number of phenolic OH excluding ortho intramolecular Hbond substituents is 2. The number of halogens is 1. The van der Waals surface area contributed by atoms with E-state index in [1.54, 1.807) is 30.3 Å². The summed E-state index contributed by atoms with van der Waals surface area (Å²) in [5, 5.41) is 27.5. The van der Waals surface area contributed by atoms with Gasteiger partial charge in [0.2, 0.25) is 0 Å². The van der Waals surface area contributed by atoms with Gasteiger partial charge >= 0.3 is 0 Å². The molecule has 3 aromatic carbocycles. The van der Waals surface area contributed by atoms with Crippen LogP contribution in [0.15, 0.2) is 66.7 Å². The number of fused-ring (bicyclic) bond motifs is 1. The Kier molecular flexibility index (Phi) is 8.53. The number of likely N-dealkylation sites (tertiary alicyclic amines) is 1. The highest BCUT2D eigenvalue weighted by Crippen LogP contribution is 2.47. The maximum Gasteiger partial charge on any atom is 0.300 e. The number of benzene rings is 3. The van der Waals surface area contributed by atoms with Gasteiger partial charge in [0.1, 0.15) is 35.7 Å². The molecule has 2 heterocycles. The van der Waals surface area contributed by atoms with E-state index >= 15 is 0 Å². The summed E-state index contributed by atoms with van der Waals surface area (Å²) < 4.78 is 24.9. The van der Waals surface area contributed by atoms with E-state index in [0.29, 0.717) is 12.4 Å². The predicted octanol–water partition coefficient (Wildman–Crippen LogP) is 5.53. The fourth-order valence-corrected chi connectivity index (χ4v) is 4.71. The second kappa shape index (κ2) is 12.0. The molecule has 0 aliphatic carbocycles. The Morgan fingerprint density at radius 2 is 1.74 bits per heavy atom. The molecule has 0 saturated carbocycles. The molecule has 5 rings (SSSR count). The number of allylic oxidation sites excluding steroid dienone is 1. The van der Waals surface area contributed by atoms with Gasteiger partial charge in [0.25, 0.3) is 5.97 Å². The third-order valence-electron chi connectivity index (χ3n) is 6.55. The van der Waals surface area contributed by atoms with Gasteiger partial charge in [-0.2, -0.15) is 0 Å². The van der Waals surface area contributed by atoms with E-state index in [9.17, 15) is 14.6 Å². The Labute approximate surface area is 221 Å². The van der Waals surface area contributed by atoms with E-state index in [0.717, 1.165) is 60.1 Å². The number of carboxylic acid groups (broad SMARTS) is 1. The van der Waals surface area contributed by atoms with Crippen LogP contribution in [0.4, 0.5) is 4.39 Å². The summed E-state index contributed by atoms with van der Waals surface area (Å²) in [6.07, 6.45) is -0.383. The van der Waals surface area contributed by atoms with E-state index in [1.165, 1.54) is 0 Å². The van der Waals surface area contributed by atoms with Crippen LogP contribution < -0.4 is 9.47 Å². The molecule has 2 aliphatic heterocycles. The molecule has 0 amide bonds. The van der Waals surface area contributed by atoms with Crippen LogP contribution in [-0.4, -0.2) is 59.1 Å². The number of phenols is 2. The van der Waals surface area contributed by atoms with Crippen LogP contribution in [0.1, 0.15) is 36.6 Å². The topological polar surface area (TPSA) is 99.5 Å². The van der Waals surface area contributed by atoms with Gasteiger partial charge in [-0.1, -0.05) is 24.3 Å². The number of hydrogen-bond acceptors (Lipinski definition) is 6. The molecule has 0 unspecified atom stereocenters. The molecular formula is C30H32FNO6. The summed E-state index contributed by atoms with van der Waals surface area (Å²) in [7, 11) is 0. The minimum Gasteiger partial charge on any atom is -0.508 e. The Hall–Kier alpha value is -4.04. The smallest absolute Gasteiger partial charge is 0.300 e. The number of ether oxygens (including phenoxy) is 2. The molecule has 38 heavy (non-hydrogen) atoms. The molecule has 2 aliphatic rings. The summed E-state index contributed by atoms with van der Waals surface area (Å²) in [5.41, 5.74) is 4.56. The Balaban J connectivity index is 0.000000786. The second-order valence-corrected chi connectivity index (χ2v) is 9.48. The molecule has 0 aromatic heterocycles. The zero-order valence-corrected chi connectivity index (χ0v) is 21.4. The summed E-state index contributed by atoms with van der Waals surface area (Å²) in [5.74, 6) is 1.18. The van der Waals surface area contributed by atoms with Gasteiger partial charge in [-0.3, -0.25) is 14.1 Å². The molecule has 3 aromatic rings. The van der Waals surface area contributed by atoms with E-state index in [1.807, 2.05) is 43.3 Å². The van der Waals surface area contributed by atoms with E-state index in [4.69, 9.17) is 19.4 Å². The predicted molar refractivity (Wildman–Crippen MR) is 143 cm³/mol. The Morgan fingerprint density at radius 3 is 2.39 bits per heavy atom. The summed E-state index contributed by atoms with van der Waals surface area (Å²) in [6.45, 7) is 5.81. The van der Waals surface area contributed by atoms with Crippen molar-refractivity contribution in [1.29, 1.82) is 0 Å². The number of alkyl halides is 1. The van der Waals surface area contributed by atoms with Gasteiger partial charge < -0.3 is 24.8 Å². The number of hydrogen-bond donors (Lipinski definition) is 3. The van der Waals surface area contributed by atoms with Crippen molar-refractivity contribution in [2.75, 3.05) is 32.9 Å². The molecule has 7 nitrogen and oxygen atoms in total. The first kappa shape index (κ1) is 27.0. The maximum atomic E-state index is 12.6. The van der Waals surface area contributed by atoms with Gasteiger partial charge in [-0.25, -0.2) is 0 Å². The van der Waals surface area contributed by atoms with Crippen molar-refractivity contribution in [2.24, 2.45) is 5.92 Å². The Morgan fingerprint density at radius 1 is 1.05 bits per heavy atom. The third kappa shape index (κ3) is 6.44. The lowest BCUT2D eigenvalue weighted by Crippen LogP contribution is -2.49. The fourth-order valence-electron chi connectivity index (χ4n) is 4.71. The average molecular weight is 522 g/mol. The van der Waals surface area contributed by atoms with Crippen molar-refractivity contribution < 1.29 is 34.0 Å². The summed E-state index contributed by atoms with van der Waals surface area (Å²) >= 11 is 0. The van der Waals surface area contributed by atoms with Crippen LogP contribution in [0, 0.1) is 5.92 Å². The lowest BCUT2D eigenvalue weighted by atomic mass is 9.86. The third-order valence-corrected chi connectivity index (χ3v) is 6.55. The van der Waals surface area contributed by atoms with Crippen LogP contribution in [0.5, 0.6) is 23.0 Å². The van der Waals surface area contributed by atoms with Crippen LogP contribution >= 0.6 is 0 Å². The number of aromatic hydroxyl groups is 2. The van der Waals surface area contributed by atoms with Crippen molar-refractivity contribution in [3.05, 3.63) is 83.4 Å². The van der Waals surface area contributed by atoms with E-state index in [2.05, 4.69) is 4.90 Å². The lowest BCUT2D eigenvalue weighted by Gasteiger charge is -2.37. The quantitative estimate of drug-likeness (QED) is 0.376. The summed E-state index contributed by atoms with van der Waals surface area (Å²) in [6, 6.07) is 20.1. The van der Waals surface area contributed by atoms with Crippen molar-refractivity contribution in [3.63, 3.8) is 0 Å². The normalized spacial score (nSPS) is 17.0. The standard InChI is InChI=1S/C28H28FNO4.C2H4O2/c1-18-25-14-23(32)7-10-26(25)34-28(27(18)21-3-2-4-22(31)13-21)20-5-8-24(9-6-20)33-12-11-30-16-19(15-29)17-30;1-2(3)4/h2-10,13-14,19,28,31-32H,11-12,15-17H2,1H3;1H3,(H,3,4)/t28-;/m0./s1. The first-order valence-electron chi connectivity index (χ1n) is 12.5. The van der Waals surface area contributed by atoms with Crippen LogP contribution in [0.3, 0.4) is 0 Å². The molecule has 1 fully saturated rings. The minimum absolute atomic E-state index is 0.176. The highest BCUT2D eigenvalue weighted by atomic mass is 19.1. The van der Waals surface area contributed by atoms with Crippen LogP contribution in [-0.2, 0) is 4.79 Å². The first-order chi connectivity index (χ1) is 18.2. The lowest BCUT2D eigenvalue weighted by molar-refractivity contribution is -0.134. The number of rotatable bonds is 7. The minimum atomic E-state index is -0.833. The fraction of sp³-hybridized carbons (Fsp3) is 0.300. The zero-order valence-electron chi connectivity index (χ0n) is 21.4. The molecule has 0 radical (unpaired) electrons. The molecule has 8 heteroatoms. The molecule has 0 spiro atoms. The average Bonchev–Trinajstić information content (AvgIpc) is 2.86. The van der Waals surface area contributed by atoms with E-state index in [-0.39, 0.29) is 30.2 Å². The van der Waals surface area contributed by atoms with E-state index < -0.39 is 5.97 Å². The number of carboxylic acids is 1. The van der Waals surface area contributed by atoms with Crippen molar-refractivity contribution >= 4 is 17.1 Å². The Bertz CT molecular complexity index is 1300. The number of nitrogens with zero attached hydrogens (tertiary/aromatic N) is 1. The molecule has 0 bridgehead atoms. The highest BCUT2D eigenvalue weighted by Gasteiger charge is 2.30. The largest absolute Gasteiger partial charge is 0.508 e. The number of aliphatic carboxylic acids is 1. The van der Waals surface area contributed by atoms with Gasteiger partial charge in [0, 0.05) is 43.6 Å². The van der Waals surface area contributed by atoms with Gasteiger partial charge in [-0.15, -0.1) is 0 Å². The van der Waals surface area contributed by atoms with Crippen LogP contribution in [0.2, 0.25) is 0 Å². The van der Waals surface area contributed by atoms with Gasteiger partial charge in [-0.05, 0) is 66.1 Å². The first-order valence-corrected chi connectivity index (χ1v) is 12.5. The van der Waals surface area contributed by atoms with Crippen molar-refractivity contribution in [1.82, 2.24) is 4.90 Å². The molecule has 3 N–H and O–H groups in total. The van der Waals surface area contributed by atoms with Crippen LogP contribution in [0.25, 0.3) is 11.1 Å². The maximum absolute atomic E-state index is 12.6. The van der Waals surface area contributed by atoms with Gasteiger partial charge in [0.05, 0.1) is 6.67 Å². The highest BCUT2D eigenvalue weighted by molar-refractivity contribution is 5.95. The molecule has 200 valence electrons. The summed E-state index contributed by atoms with van der Waals surface area (Å²) in [4.78, 5) is 11.2. The van der Waals surface area contributed by atoms with Crippen molar-refractivity contribution in [3.8, 4) is 23.0 Å².